The molecule has 1 aliphatic heterocycles. The second-order valence-corrected chi connectivity index (χ2v) is 8.65. The Bertz CT molecular complexity index is 1020. The van der Waals surface area contributed by atoms with E-state index in [1.807, 2.05) is 6.07 Å². The summed E-state index contributed by atoms with van der Waals surface area (Å²) in [5.41, 5.74) is 5.67. The highest BCUT2D eigenvalue weighted by atomic mass is 16.5. The molecule has 2 aromatic rings. The molecule has 1 saturated heterocycles. The summed E-state index contributed by atoms with van der Waals surface area (Å²) in [4.78, 5) is 14.7. The van der Waals surface area contributed by atoms with Crippen molar-refractivity contribution in [3.8, 4) is 17.2 Å². The van der Waals surface area contributed by atoms with Gasteiger partial charge in [-0.1, -0.05) is 6.07 Å². The van der Waals surface area contributed by atoms with E-state index in [2.05, 4.69) is 39.9 Å². The summed E-state index contributed by atoms with van der Waals surface area (Å²) in [7, 11) is 7.10. The molecule has 0 spiro atoms. The SMILES string of the molecule is COc1ccc(NC(=O)N/N=C2\CCC3(c4ccc(OC)c(OC)c4)CCN(C)C3C2)cc1. The molecule has 0 radical (unpaired) electrons. The van der Waals surface area contributed by atoms with Crippen LogP contribution in [0.5, 0.6) is 17.2 Å². The van der Waals surface area contributed by atoms with Crippen LogP contribution in [0.1, 0.15) is 31.2 Å². The third kappa shape index (κ3) is 4.61. The highest BCUT2D eigenvalue weighted by Crippen LogP contribution is 2.49. The molecule has 1 aliphatic carbocycles. The molecule has 2 amide bonds. The second-order valence-electron chi connectivity index (χ2n) is 8.65. The molecule has 8 heteroatoms. The zero-order valence-electron chi connectivity index (χ0n) is 19.7. The molecule has 2 aromatic carbocycles. The molecule has 2 fully saturated rings. The monoisotopic (exact) mass is 452 g/mol. The number of hydrogen-bond acceptors (Lipinski definition) is 6. The third-order valence-electron chi connectivity index (χ3n) is 6.99. The van der Waals surface area contributed by atoms with Gasteiger partial charge in [-0.25, -0.2) is 10.2 Å². The van der Waals surface area contributed by atoms with E-state index in [-0.39, 0.29) is 11.4 Å². The lowest BCUT2D eigenvalue weighted by molar-refractivity contribution is 0.225. The lowest BCUT2D eigenvalue weighted by Gasteiger charge is -2.42. The number of fused-ring (bicyclic) bond motifs is 1. The van der Waals surface area contributed by atoms with Gasteiger partial charge in [-0.05, 0) is 74.8 Å². The summed E-state index contributed by atoms with van der Waals surface area (Å²) < 4.78 is 16.1. The zero-order chi connectivity index (χ0) is 23.4. The fraction of sp³-hybridized carbons (Fsp3) is 0.440. The minimum Gasteiger partial charge on any atom is -0.497 e. The van der Waals surface area contributed by atoms with Crippen LogP contribution in [0.3, 0.4) is 0 Å². The lowest BCUT2D eigenvalue weighted by atomic mass is 9.65. The standard InChI is InChI=1S/C25H32N4O4/c1-29-14-13-25(17-5-10-21(32-3)22(15-17)33-4)12-11-19(16-23(25)29)27-28-24(30)26-18-6-8-20(31-2)9-7-18/h5-10,15,23H,11-14,16H2,1-4H3,(H2,26,28,30)/b27-19+. The van der Waals surface area contributed by atoms with E-state index in [0.717, 1.165) is 55.2 Å². The van der Waals surface area contributed by atoms with Crippen LogP contribution in [-0.2, 0) is 5.41 Å². The van der Waals surface area contributed by atoms with Crippen molar-refractivity contribution < 1.29 is 19.0 Å². The van der Waals surface area contributed by atoms with Gasteiger partial charge in [0.05, 0.1) is 21.3 Å². The zero-order valence-corrected chi connectivity index (χ0v) is 19.7. The van der Waals surface area contributed by atoms with E-state index in [1.165, 1.54) is 5.56 Å². The maximum Gasteiger partial charge on any atom is 0.339 e. The van der Waals surface area contributed by atoms with E-state index in [1.54, 1.807) is 45.6 Å². The number of ether oxygens (including phenoxy) is 3. The summed E-state index contributed by atoms with van der Waals surface area (Å²) in [5.74, 6) is 2.24. The van der Waals surface area contributed by atoms with Crippen LogP contribution in [-0.4, -0.2) is 57.6 Å². The van der Waals surface area contributed by atoms with Gasteiger partial charge in [0.15, 0.2) is 11.5 Å². The Morgan fingerprint density at radius 1 is 1.03 bits per heavy atom. The predicted molar refractivity (Wildman–Crippen MR) is 129 cm³/mol. The maximum absolute atomic E-state index is 12.3. The fourth-order valence-corrected chi connectivity index (χ4v) is 5.15. The van der Waals surface area contributed by atoms with Gasteiger partial charge in [0.1, 0.15) is 5.75 Å². The van der Waals surface area contributed by atoms with E-state index < -0.39 is 0 Å². The fourth-order valence-electron chi connectivity index (χ4n) is 5.15. The second kappa shape index (κ2) is 9.70. The quantitative estimate of drug-likeness (QED) is 0.647. The van der Waals surface area contributed by atoms with Crippen LogP contribution < -0.4 is 25.0 Å². The number of likely N-dealkylation sites (tertiary alicyclic amines) is 1. The molecule has 8 nitrogen and oxygen atoms in total. The van der Waals surface area contributed by atoms with Crippen molar-refractivity contribution in [2.75, 3.05) is 40.2 Å². The number of rotatable bonds is 6. The summed E-state index contributed by atoms with van der Waals surface area (Å²) >= 11 is 0. The van der Waals surface area contributed by atoms with E-state index in [4.69, 9.17) is 14.2 Å². The minimum absolute atomic E-state index is 0.0404. The Labute approximate surface area is 194 Å². The number of anilines is 1. The molecule has 2 atom stereocenters. The molecule has 1 heterocycles. The number of amides is 2. The van der Waals surface area contributed by atoms with Crippen molar-refractivity contribution in [1.29, 1.82) is 0 Å². The van der Waals surface area contributed by atoms with Crippen molar-refractivity contribution in [3.05, 3.63) is 48.0 Å². The molecule has 2 aliphatic rings. The first-order valence-electron chi connectivity index (χ1n) is 11.2. The van der Waals surface area contributed by atoms with Gasteiger partial charge in [0.25, 0.3) is 0 Å². The molecular formula is C25H32N4O4. The first-order chi connectivity index (χ1) is 16.0. The highest BCUT2D eigenvalue weighted by molar-refractivity contribution is 5.92. The molecule has 2 N–H and O–H groups in total. The average Bonchev–Trinajstić information content (AvgIpc) is 3.19. The van der Waals surface area contributed by atoms with Crippen LogP contribution in [0.4, 0.5) is 10.5 Å². The van der Waals surface area contributed by atoms with E-state index in [9.17, 15) is 4.79 Å². The van der Waals surface area contributed by atoms with Gasteiger partial charge < -0.3 is 24.4 Å². The van der Waals surface area contributed by atoms with E-state index >= 15 is 0 Å². The van der Waals surface area contributed by atoms with Crippen LogP contribution in [0.15, 0.2) is 47.6 Å². The predicted octanol–water partition coefficient (Wildman–Crippen LogP) is 4.02. The largest absolute Gasteiger partial charge is 0.497 e. The molecule has 0 bridgehead atoms. The summed E-state index contributed by atoms with van der Waals surface area (Å²) in [6.07, 6.45) is 3.70. The number of urea groups is 1. The number of nitrogens with one attached hydrogen (secondary N) is 2. The molecular weight excluding hydrogens is 420 g/mol. The van der Waals surface area contributed by atoms with Gasteiger partial charge in [-0.15, -0.1) is 0 Å². The lowest BCUT2D eigenvalue weighted by Crippen LogP contribution is -2.46. The number of nitrogens with zero attached hydrogens (tertiary/aromatic N) is 2. The van der Waals surface area contributed by atoms with Crippen molar-refractivity contribution in [1.82, 2.24) is 10.3 Å². The molecule has 1 saturated carbocycles. The number of benzene rings is 2. The molecule has 4 rings (SSSR count). The van der Waals surface area contributed by atoms with Crippen molar-refractivity contribution in [3.63, 3.8) is 0 Å². The van der Waals surface area contributed by atoms with Crippen LogP contribution in [0.2, 0.25) is 0 Å². The maximum atomic E-state index is 12.3. The molecule has 176 valence electrons. The van der Waals surface area contributed by atoms with Crippen LogP contribution in [0.25, 0.3) is 0 Å². The highest BCUT2D eigenvalue weighted by Gasteiger charge is 2.49. The number of likely N-dealkylation sites (N-methyl/N-ethyl adjacent to an activating group) is 1. The van der Waals surface area contributed by atoms with Gasteiger partial charge in [-0.2, -0.15) is 5.10 Å². The Balaban J connectivity index is 1.45. The third-order valence-corrected chi connectivity index (χ3v) is 6.99. The average molecular weight is 453 g/mol. The van der Waals surface area contributed by atoms with Gasteiger partial charge in [0, 0.05) is 29.3 Å². The number of carbonyl (C=O) groups is 1. The molecule has 33 heavy (non-hydrogen) atoms. The Hall–Kier alpha value is -3.26. The topological polar surface area (TPSA) is 84.4 Å². The summed E-state index contributed by atoms with van der Waals surface area (Å²) in [6, 6.07) is 13.4. The Kier molecular flexibility index (Phi) is 6.74. The van der Waals surface area contributed by atoms with E-state index in [0.29, 0.717) is 11.7 Å². The molecule has 2 unspecified atom stereocenters. The van der Waals surface area contributed by atoms with Gasteiger partial charge in [0.2, 0.25) is 0 Å². The first-order valence-corrected chi connectivity index (χ1v) is 11.2. The van der Waals surface area contributed by atoms with Crippen molar-refractivity contribution >= 4 is 17.4 Å². The van der Waals surface area contributed by atoms with Gasteiger partial charge in [-0.3, -0.25) is 0 Å². The number of hydrogen-bond donors (Lipinski definition) is 2. The first kappa shape index (κ1) is 22.9. The number of hydrazone groups is 1. The van der Waals surface area contributed by atoms with Gasteiger partial charge >= 0.3 is 6.03 Å². The smallest absolute Gasteiger partial charge is 0.339 e. The Morgan fingerprint density at radius 3 is 2.48 bits per heavy atom. The van der Waals surface area contributed by atoms with Crippen molar-refractivity contribution in [2.24, 2.45) is 5.10 Å². The van der Waals surface area contributed by atoms with Crippen LogP contribution >= 0.6 is 0 Å². The van der Waals surface area contributed by atoms with Crippen molar-refractivity contribution in [2.45, 2.75) is 37.1 Å². The van der Waals surface area contributed by atoms with Crippen LogP contribution in [0, 0.1) is 0 Å². The summed E-state index contributed by atoms with van der Waals surface area (Å²) in [5, 5.41) is 7.25. The summed E-state index contributed by atoms with van der Waals surface area (Å²) in [6.45, 7) is 1.03. The minimum atomic E-state index is -0.357. The normalized spacial score (nSPS) is 23.6. The molecule has 0 aromatic heterocycles. The Morgan fingerprint density at radius 2 is 1.79 bits per heavy atom. The number of methoxy groups -OCH3 is 3. The number of carbonyl (C=O) groups excluding carboxylic acids is 1.